The van der Waals surface area contributed by atoms with Crippen molar-refractivity contribution >= 4 is 23.5 Å². The number of rotatable bonds is 6. The van der Waals surface area contributed by atoms with Crippen molar-refractivity contribution in [3.05, 3.63) is 29.3 Å². The highest BCUT2D eigenvalue weighted by Crippen LogP contribution is 2.22. The van der Waals surface area contributed by atoms with E-state index in [0.29, 0.717) is 17.2 Å². The molecule has 0 saturated carbocycles. The number of carboxylic acid groups (broad SMARTS) is 1. The predicted octanol–water partition coefficient (Wildman–Crippen LogP) is 1.70. The van der Waals surface area contributed by atoms with Crippen molar-refractivity contribution < 1.29 is 19.4 Å². The van der Waals surface area contributed by atoms with E-state index in [1.165, 1.54) is 0 Å². The summed E-state index contributed by atoms with van der Waals surface area (Å²) < 4.78 is 5.19. The number of carboxylic acids is 1. The number of ether oxygens (including phenoxy) is 1. The van der Waals surface area contributed by atoms with Gasteiger partial charge in [0.15, 0.2) is 6.61 Å². The topological polar surface area (TPSA) is 75.6 Å². The summed E-state index contributed by atoms with van der Waals surface area (Å²) >= 11 is 5.84. The third-order valence-corrected chi connectivity index (χ3v) is 2.55. The highest BCUT2D eigenvalue weighted by atomic mass is 35.5. The predicted molar refractivity (Wildman–Crippen MR) is 66.8 cm³/mol. The van der Waals surface area contributed by atoms with Crippen LogP contribution in [0.3, 0.4) is 0 Å². The molecule has 1 amide bonds. The van der Waals surface area contributed by atoms with Gasteiger partial charge in [-0.2, -0.15) is 0 Å². The second-order valence-electron chi connectivity index (χ2n) is 3.59. The Bertz CT molecular complexity index is 436. The van der Waals surface area contributed by atoms with Gasteiger partial charge in [-0.1, -0.05) is 30.7 Å². The van der Waals surface area contributed by atoms with E-state index >= 15 is 0 Å². The first-order valence-electron chi connectivity index (χ1n) is 5.44. The molecule has 0 bridgehead atoms. The normalized spacial score (nSPS) is 11.7. The third-order valence-electron chi connectivity index (χ3n) is 2.24. The highest BCUT2D eigenvalue weighted by molar-refractivity contribution is 6.32. The second-order valence-corrected chi connectivity index (χ2v) is 3.99. The molecule has 1 atom stereocenters. The number of carbonyl (C=O) groups is 2. The molecule has 0 heterocycles. The average Bonchev–Trinajstić information content (AvgIpc) is 2.34. The van der Waals surface area contributed by atoms with Gasteiger partial charge >= 0.3 is 5.97 Å². The van der Waals surface area contributed by atoms with Crippen LogP contribution in [0.1, 0.15) is 13.3 Å². The largest absolute Gasteiger partial charge is 0.482 e. The smallest absolute Gasteiger partial charge is 0.326 e. The zero-order valence-electron chi connectivity index (χ0n) is 9.85. The SMILES string of the molecule is CCC(NC(=O)COc1ccccc1Cl)C(=O)O. The van der Waals surface area contributed by atoms with E-state index in [-0.39, 0.29) is 6.61 Å². The molecule has 98 valence electrons. The molecule has 0 aromatic heterocycles. The van der Waals surface area contributed by atoms with Crippen LogP contribution in [0.15, 0.2) is 24.3 Å². The van der Waals surface area contributed by atoms with Crippen LogP contribution >= 0.6 is 11.6 Å². The van der Waals surface area contributed by atoms with Gasteiger partial charge < -0.3 is 15.2 Å². The van der Waals surface area contributed by atoms with Crippen LogP contribution in [0.4, 0.5) is 0 Å². The van der Waals surface area contributed by atoms with Crippen molar-refractivity contribution in [1.29, 1.82) is 0 Å². The highest BCUT2D eigenvalue weighted by Gasteiger charge is 2.17. The van der Waals surface area contributed by atoms with Gasteiger partial charge in [0.25, 0.3) is 5.91 Å². The minimum Gasteiger partial charge on any atom is -0.482 e. The number of benzene rings is 1. The van der Waals surface area contributed by atoms with Gasteiger partial charge in [-0.05, 0) is 18.6 Å². The first-order chi connectivity index (χ1) is 8.54. The number of halogens is 1. The van der Waals surface area contributed by atoms with Crippen molar-refractivity contribution in [3.8, 4) is 5.75 Å². The van der Waals surface area contributed by atoms with E-state index in [1.807, 2.05) is 0 Å². The van der Waals surface area contributed by atoms with Crippen molar-refractivity contribution in [2.75, 3.05) is 6.61 Å². The molecule has 5 nitrogen and oxygen atoms in total. The maximum absolute atomic E-state index is 11.5. The molecule has 6 heteroatoms. The van der Waals surface area contributed by atoms with Crippen LogP contribution in [0, 0.1) is 0 Å². The van der Waals surface area contributed by atoms with Gasteiger partial charge in [0.05, 0.1) is 5.02 Å². The number of aliphatic carboxylic acids is 1. The lowest BCUT2D eigenvalue weighted by Crippen LogP contribution is -2.42. The quantitative estimate of drug-likeness (QED) is 0.826. The Labute approximate surface area is 110 Å². The lowest BCUT2D eigenvalue weighted by Gasteiger charge is -2.13. The molecule has 0 aliphatic heterocycles. The van der Waals surface area contributed by atoms with Crippen LogP contribution in [0.5, 0.6) is 5.75 Å². The van der Waals surface area contributed by atoms with Gasteiger partial charge in [0.2, 0.25) is 0 Å². The Morgan fingerprint density at radius 2 is 2.11 bits per heavy atom. The van der Waals surface area contributed by atoms with Crippen molar-refractivity contribution in [1.82, 2.24) is 5.32 Å². The molecule has 2 N–H and O–H groups in total. The molecule has 1 rings (SSSR count). The van der Waals surface area contributed by atoms with Gasteiger partial charge in [-0.25, -0.2) is 4.79 Å². The Kier molecular flexibility index (Phi) is 5.45. The lowest BCUT2D eigenvalue weighted by molar-refractivity contribution is -0.142. The number of hydrogen-bond donors (Lipinski definition) is 2. The molecule has 1 aromatic rings. The Morgan fingerprint density at radius 3 is 2.67 bits per heavy atom. The van der Waals surface area contributed by atoms with Gasteiger partial charge in [0.1, 0.15) is 11.8 Å². The number of hydrogen-bond acceptors (Lipinski definition) is 3. The molecule has 0 aliphatic carbocycles. The maximum atomic E-state index is 11.5. The molecule has 1 aromatic carbocycles. The molecule has 0 spiro atoms. The zero-order chi connectivity index (χ0) is 13.5. The summed E-state index contributed by atoms with van der Waals surface area (Å²) in [7, 11) is 0. The van der Waals surface area contributed by atoms with Crippen LogP contribution in [0.2, 0.25) is 5.02 Å². The first kappa shape index (κ1) is 14.3. The van der Waals surface area contributed by atoms with E-state index in [2.05, 4.69) is 5.32 Å². The minimum absolute atomic E-state index is 0.270. The average molecular weight is 272 g/mol. The van der Waals surface area contributed by atoms with E-state index < -0.39 is 17.9 Å². The Morgan fingerprint density at radius 1 is 1.44 bits per heavy atom. The standard InChI is InChI=1S/C12H14ClNO4/c1-2-9(12(16)17)14-11(15)7-18-10-6-4-3-5-8(10)13/h3-6,9H,2,7H2,1H3,(H,14,15)(H,16,17). The van der Waals surface area contributed by atoms with Gasteiger partial charge in [-0.15, -0.1) is 0 Å². The van der Waals surface area contributed by atoms with Crippen LogP contribution in [-0.2, 0) is 9.59 Å². The minimum atomic E-state index is -1.07. The molecule has 1 unspecified atom stereocenters. The first-order valence-corrected chi connectivity index (χ1v) is 5.82. The summed E-state index contributed by atoms with van der Waals surface area (Å²) in [6, 6.07) is 5.84. The van der Waals surface area contributed by atoms with Crippen LogP contribution < -0.4 is 10.1 Å². The van der Waals surface area contributed by atoms with E-state index in [9.17, 15) is 9.59 Å². The molecular formula is C12H14ClNO4. The molecular weight excluding hydrogens is 258 g/mol. The third kappa shape index (κ3) is 4.25. The summed E-state index contributed by atoms with van der Waals surface area (Å²) in [6.45, 7) is 1.40. The van der Waals surface area contributed by atoms with Crippen molar-refractivity contribution in [2.24, 2.45) is 0 Å². The number of para-hydroxylation sites is 1. The molecule has 0 saturated heterocycles. The number of amides is 1. The summed E-state index contributed by atoms with van der Waals surface area (Å²) in [6.07, 6.45) is 0.313. The molecule has 0 radical (unpaired) electrons. The van der Waals surface area contributed by atoms with Crippen molar-refractivity contribution in [2.45, 2.75) is 19.4 Å². The zero-order valence-corrected chi connectivity index (χ0v) is 10.6. The van der Waals surface area contributed by atoms with E-state index in [4.69, 9.17) is 21.4 Å². The summed E-state index contributed by atoms with van der Waals surface area (Å²) in [5, 5.41) is 11.5. The summed E-state index contributed by atoms with van der Waals surface area (Å²) in [5.74, 6) is -1.18. The number of carbonyl (C=O) groups excluding carboxylic acids is 1. The fourth-order valence-corrected chi connectivity index (χ4v) is 1.47. The second kappa shape index (κ2) is 6.86. The fourth-order valence-electron chi connectivity index (χ4n) is 1.28. The number of nitrogens with one attached hydrogen (secondary N) is 1. The van der Waals surface area contributed by atoms with Crippen molar-refractivity contribution in [3.63, 3.8) is 0 Å². The lowest BCUT2D eigenvalue weighted by atomic mass is 10.2. The maximum Gasteiger partial charge on any atom is 0.326 e. The van der Waals surface area contributed by atoms with Gasteiger partial charge in [0, 0.05) is 0 Å². The summed E-state index contributed by atoms with van der Waals surface area (Å²) in [5.41, 5.74) is 0. The van der Waals surface area contributed by atoms with Gasteiger partial charge in [-0.3, -0.25) is 4.79 Å². The Balaban J connectivity index is 2.47. The van der Waals surface area contributed by atoms with Crippen LogP contribution in [-0.4, -0.2) is 29.6 Å². The monoisotopic (exact) mass is 271 g/mol. The molecule has 0 fully saturated rings. The Hall–Kier alpha value is -1.75. The molecule has 0 aliphatic rings. The van der Waals surface area contributed by atoms with E-state index in [1.54, 1.807) is 31.2 Å². The van der Waals surface area contributed by atoms with Crippen LogP contribution in [0.25, 0.3) is 0 Å². The summed E-state index contributed by atoms with van der Waals surface area (Å²) in [4.78, 5) is 22.2. The fraction of sp³-hybridized carbons (Fsp3) is 0.333. The van der Waals surface area contributed by atoms with E-state index in [0.717, 1.165) is 0 Å². The molecule has 18 heavy (non-hydrogen) atoms.